The number of carbonyl (C=O) groups excluding carboxylic acids is 1. The monoisotopic (exact) mass is 258 g/mol. The molecule has 0 heterocycles. The maximum Gasteiger partial charge on any atom is 0.238 e. The van der Waals surface area contributed by atoms with Crippen molar-refractivity contribution in [2.24, 2.45) is 0 Å². The fraction of sp³-hybridized carbons (Fsp3) is 0.417. The number of anilines is 1. The molecule has 3 N–H and O–H groups in total. The topological polar surface area (TPSA) is 61.4 Å². The van der Waals surface area contributed by atoms with Crippen molar-refractivity contribution in [1.29, 1.82) is 0 Å². The molecule has 1 amide bonds. The summed E-state index contributed by atoms with van der Waals surface area (Å²) in [7, 11) is 0. The van der Waals surface area contributed by atoms with Crippen LogP contribution in [0.2, 0.25) is 0 Å². The summed E-state index contributed by atoms with van der Waals surface area (Å²) in [5.41, 5.74) is -0.445. The minimum absolute atomic E-state index is 0.0690. The molecule has 0 saturated carbocycles. The molecule has 1 rings (SSSR count). The first-order chi connectivity index (χ1) is 8.50. The molecule has 4 nitrogen and oxygen atoms in total. The molecule has 0 aliphatic heterocycles. The zero-order valence-electron chi connectivity index (χ0n) is 10.0. The van der Waals surface area contributed by atoms with E-state index in [0.717, 1.165) is 12.1 Å². The van der Waals surface area contributed by atoms with E-state index in [9.17, 15) is 13.6 Å². The number of hydrogen-bond acceptors (Lipinski definition) is 3. The van der Waals surface area contributed by atoms with Gasteiger partial charge in [0.25, 0.3) is 0 Å². The summed E-state index contributed by atoms with van der Waals surface area (Å²) in [4.78, 5) is 11.4. The largest absolute Gasteiger partial charge is 0.393 e. The molecule has 0 saturated heterocycles. The number of aliphatic hydroxyl groups is 1. The van der Waals surface area contributed by atoms with Crippen LogP contribution >= 0.6 is 0 Å². The van der Waals surface area contributed by atoms with Gasteiger partial charge in [-0.25, -0.2) is 8.78 Å². The highest BCUT2D eigenvalue weighted by Gasteiger charge is 2.11. The van der Waals surface area contributed by atoms with Crippen LogP contribution in [0.5, 0.6) is 0 Å². The maximum absolute atomic E-state index is 13.2. The molecule has 0 bridgehead atoms. The lowest BCUT2D eigenvalue weighted by molar-refractivity contribution is -0.115. The van der Waals surface area contributed by atoms with Gasteiger partial charge in [-0.05, 0) is 32.0 Å². The fourth-order valence-electron chi connectivity index (χ4n) is 1.31. The standard InChI is InChI=1S/C12H16F2N2O2/c1-8(17)5-6-15-7-11(18)16-12-9(13)3-2-4-10(12)14/h2-4,8,15,17H,5-7H2,1H3,(H,16,18). The third-order valence-corrected chi connectivity index (χ3v) is 2.25. The summed E-state index contributed by atoms with van der Waals surface area (Å²) in [5, 5.41) is 13.9. The van der Waals surface area contributed by atoms with Gasteiger partial charge < -0.3 is 15.7 Å². The van der Waals surface area contributed by atoms with Crippen molar-refractivity contribution in [3.8, 4) is 0 Å². The number of carbonyl (C=O) groups is 1. The third-order valence-electron chi connectivity index (χ3n) is 2.25. The van der Waals surface area contributed by atoms with Crippen molar-refractivity contribution >= 4 is 11.6 Å². The first-order valence-corrected chi connectivity index (χ1v) is 5.63. The van der Waals surface area contributed by atoms with Gasteiger partial charge in [0.05, 0.1) is 12.6 Å². The molecule has 1 unspecified atom stereocenters. The number of hydrogen-bond donors (Lipinski definition) is 3. The van der Waals surface area contributed by atoms with Gasteiger partial charge in [-0.1, -0.05) is 6.07 Å². The van der Waals surface area contributed by atoms with Crippen LogP contribution in [0.15, 0.2) is 18.2 Å². The Bertz CT molecular complexity index is 391. The Balaban J connectivity index is 2.40. The zero-order valence-corrected chi connectivity index (χ0v) is 10.0. The van der Waals surface area contributed by atoms with Crippen molar-refractivity contribution in [3.63, 3.8) is 0 Å². The number of para-hydroxylation sites is 1. The third kappa shape index (κ3) is 4.77. The SMILES string of the molecule is CC(O)CCNCC(=O)Nc1c(F)cccc1F. The molecule has 1 aromatic rings. The lowest BCUT2D eigenvalue weighted by atomic mass is 10.3. The van der Waals surface area contributed by atoms with Gasteiger partial charge in [-0.15, -0.1) is 0 Å². The molecule has 0 aromatic heterocycles. The number of benzene rings is 1. The second kappa shape index (κ2) is 7.03. The van der Waals surface area contributed by atoms with Crippen LogP contribution in [0.25, 0.3) is 0 Å². The molecule has 1 aromatic carbocycles. The molecule has 1 atom stereocenters. The van der Waals surface area contributed by atoms with Crippen LogP contribution in [0, 0.1) is 11.6 Å². The highest BCUT2D eigenvalue weighted by Crippen LogP contribution is 2.17. The number of rotatable bonds is 6. The van der Waals surface area contributed by atoms with Crippen LogP contribution < -0.4 is 10.6 Å². The van der Waals surface area contributed by atoms with Crippen LogP contribution in [-0.4, -0.2) is 30.2 Å². The molecular weight excluding hydrogens is 242 g/mol. The molecular formula is C12H16F2N2O2. The normalized spacial score (nSPS) is 12.2. The molecule has 18 heavy (non-hydrogen) atoms. The lowest BCUT2D eigenvalue weighted by Gasteiger charge is -2.09. The highest BCUT2D eigenvalue weighted by atomic mass is 19.1. The Morgan fingerprint density at radius 2 is 2.00 bits per heavy atom. The van der Waals surface area contributed by atoms with Gasteiger partial charge in [-0.2, -0.15) is 0 Å². The second-order valence-electron chi connectivity index (χ2n) is 3.96. The van der Waals surface area contributed by atoms with E-state index >= 15 is 0 Å². The number of amides is 1. The maximum atomic E-state index is 13.2. The van der Waals surface area contributed by atoms with Gasteiger partial charge in [0, 0.05) is 0 Å². The number of aliphatic hydroxyl groups excluding tert-OH is 1. The van der Waals surface area contributed by atoms with E-state index < -0.39 is 29.3 Å². The summed E-state index contributed by atoms with van der Waals surface area (Å²) in [6, 6.07) is 3.36. The van der Waals surface area contributed by atoms with E-state index in [4.69, 9.17) is 5.11 Å². The van der Waals surface area contributed by atoms with E-state index in [0.29, 0.717) is 13.0 Å². The summed E-state index contributed by atoms with van der Waals surface area (Å²) < 4.78 is 26.4. The van der Waals surface area contributed by atoms with Crippen LogP contribution in [0.1, 0.15) is 13.3 Å². The van der Waals surface area contributed by atoms with E-state index in [1.807, 2.05) is 0 Å². The Hall–Kier alpha value is -1.53. The molecule has 6 heteroatoms. The lowest BCUT2D eigenvalue weighted by Crippen LogP contribution is -2.30. The van der Waals surface area contributed by atoms with Gasteiger partial charge in [0.1, 0.15) is 17.3 Å². The van der Waals surface area contributed by atoms with Crippen molar-refractivity contribution in [3.05, 3.63) is 29.8 Å². The molecule has 0 radical (unpaired) electrons. The Labute approximate surface area is 104 Å². The predicted molar refractivity (Wildman–Crippen MR) is 64.2 cm³/mol. The van der Waals surface area contributed by atoms with Crippen molar-refractivity contribution in [2.45, 2.75) is 19.4 Å². The van der Waals surface area contributed by atoms with E-state index in [1.54, 1.807) is 6.92 Å². The van der Waals surface area contributed by atoms with Gasteiger partial charge in [-0.3, -0.25) is 4.79 Å². The molecule has 100 valence electrons. The molecule has 0 fully saturated rings. The van der Waals surface area contributed by atoms with E-state index in [-0.39, 0.29) is 6.54 Å². The van der Waals surface area contributed by atoms with E-state index in [1.165, 1.54) is 6.07 Å². The first kappa shape index (κ1) is 14.5. The molecule has 0 spiro atoms. The predicted octanol–water partition coefficient (Wildman–Crippen LogP) is 1.26. The average molecular weight is 258 g/mol. The van der Waals surface area contributed by atoms with Gasteiger partial charge in [0.15, 0.2) is 0 Å². The highest BCUT2D eigenvalue weighted by molar-refractivity contribution is 5.92. The minimum atomic E-state index is -0.813. The van der Waals surface area contributed by atoms with Crippen molar-refractivity contribution in [2.75, 3.05) is 18.4 Å². The second-order valence-corrected chi connectivity index (χ2v) is 3.96. The van der Waals surface area contributed by atoms with Crippen LogP contribution in [-0.2, 0) is 4.79 Å². The Morgan fingerprint density at radius 3 is 2.56 bits per heavy atom. The Morgan fingerprint density at radius 1 is 1.39 bits per heavy atom. The first-order valence-electron chi connectivity index (χ1n) is 5.63. The smallest absolute Gasteiger partial charge is 0.238 e. The zero-order chi connectivity index (χ0) is 13.5. The van der Waals surface area contributed by atoms with Crippen LogP contribution in [0.3, 0.4) is 0 Å². The summed E-state index contributed by atoms with van der Waals surface area (Å²) in [6.45, 7) is 2.02. The van der Waals surface area contributed by atoms with Gasteiger partial charge >= 0.3 is 0 Å². The molecule has 0 aliphatic carbocycles. The van der Waals surface area contributed by atoms with Crippen molar-refractivity contribution < 1.29 is 18.7 Å². The summed E-state index contributed by atoms with van der Waals surface area (Å²) >= 11 is 0. The Kier molecular flexibility index (Phi) is 5.67. The average Bonchev–Trinajstić information content (AvgIpc) is 2.29. The van der Waals surface area contributed by atoms with Crippen LogP contribution in [0.4, 0.5) is 14.5 Å². The number of nitrogens with one attached hydrogen (secondary N) is 2. The minimum Gasteiger partial charge on any atom is -0.393 e. The van der Waals surface area contributed by atoms with E-state index in [2.05, 4.69) is 10.6 Å². The fourth-order valence-corrected chi connectivity index (χ4v) is 1.31. The summed E-state index contributed by atoms with van der Waals surface area (Å²) in [5.74, 6) is -2.16. The van der Waals surface area contributed by atoms with Crippen molar-refractivity contribution in [1.82, 2.24) is 5.32 Å². The summed E-state index contributed by atoms with van der Waals surface area (Å²) in [6.07, 6.45) is 0.0472. The molecule has 0 aliphatic rings. The van der Waals surface area contributed by atoms with Gasteiger partial charge in [0.2, 0.25) is 5.91 Å². The quantitative estimate of drug-likeness (QED) is 0.673. The number of halogens is 2.